The van der Waals surface area contributed by atoms with E-state index in [2.05, 4.69) is 70.3 Å². The zero-order chi connectivity index (χ0) is 15.7. The lowest BCUT2D eigenvalue weighted by molar-refractivity contribution is 0.288. The summed E-state index contributed by atoms with van der Waals surface area (Å²) in [5.41, 5.74) is 1.50. The Balaban J connectivity index is 2.98. The summed E-state index contributed by atoms with van der Waals surface area (Å²) in [4.78, 5) is 0. The lowest BCUT2D eigenvalue weighted by Crippen LogP contribution is -2.39. The van der Waals surface area contributed by atoms with Crippen LogP contribution in [0.25, 0.3) is 0 Å². The third-order valence-electron chi connectivity index (χ3n) is 4.88. The smallest absolute Gasteiger partial charge is 0.0141 e. The Bertz CT molecular complexity index is 359. The highest BCUT2D eigenvalue weighted by Crippen LogP contribution is 2.33. The SMILES string of the molecule is CCCNC(CC(C)CC)C(c1ccccc1)C(C)CC. The van der Waals surface area contributed by atoms with Crippen LogP contribution in [0.5, 0.6) is 0 Å². The van der Waals surface area contributed by atoms with Crippen molar-refractivity contribution in [2.24, 2.45) is 11.8 Å². The molecule has 0 fully saturated rings. The quantitative estimate of drug-likeness (QED) is 0.589. The molecule has 0 heterocycles. The van der Waals surface area contributed by atoms with Gasteiger partial charge in [0, 0.05) is 12.0 Å². The van der Waals surface area contributed by atoms with E-state index in [1.165, 1.54) is 31.2 Å². The van der Waals surface area contributed by atoms with Gasteiger partial charge in [-0.3, -0.25) is 0 Å². The first-order valence-corrected chi connectivity index (χ1v) is 8.92. The molecule has 4 atom stereocenters. The van der Waals surface area contributed by atoms with Crippen molar-refractivity contribution in [2.45, 2.75) is 72.3 Å². The van der Waals surface area contributed by atoms with Gasteiger partial charge >= 0.3 is 0 Å². The predicted molar refractivity (Wildman–Crippen MR) is 94.8 cm³/mol. The van der Waals surface area contributed by atoms with Crippen molar-refractivity contribution in [3.63, 3.8) is 0 Å². The summed E-state index contributed by atoms with van der Waals surface area (Å²) in [5.74, 6) is 2.12. The molecule has 21 heavy (non-hydrogen) atoms. The van der Waals surface area contributed by atoms with Gasteiger partial charge in [0.25, 0.3) is 0 Å². The molecule has 1 heteroatoms. The lowest BCUT2D eigenvalue weighted by atomic mass is 9.77. The van der Waals surface area contributed by atoms with Crippen molar-refractivity contribution >= 4 is 0 Å². The van der Waals surface area contributed by atoms with Crippen LogP contribution in [0.2, 0.25) is 0 Å². The predicted octanol–water partition coefficient (Wildman–Crippen LogP) is 5.62. The molecule has 120 valence electrons. The molecule has 1 N–H and O–H groups in total. The van der Waals surface area contributed by atoms with E-state index in [4.69, 9.17) is 0 Å². The molecule has 0 saturated carbocycles. The van der Waals surface area contributed by atoms with Crippen LogP contribution in [0, 0.1) is 11.8 Å². The summed E-state index contributed by atoms with van der Waals surface area (Å²) < 4.78 is 0. The Hall–Kier alpha value is -0.820. The Labute approximate surface area is 132 Å². The summed E-state index contributed by atoms with van der Waals surface area (Å²) in [6, 6.07) is 11.7. The van der Waals surface area contributed by atoms with Gasteiger partial charge in [-0.2, -0.15) is 0 Å². The van der Waals surface area contributed by atoms with Crippen LogP contribution in [0.3, 0.4) is 0 Å². The second kappa shape index (κ2) is 10.00. The molecule has 1 rings (SSSR count). The van der Waals surface area contributed by atoms with Crippen LogP contribution < -0.4 is 5.32 Å². The maximum Gasteiger partial charge on any atom is 0.0141 e. The average molecular weight is 290 g/mol. The zero-order valence-corrected chi connectivity index (χ0v) is 14.7. The Morgan fingerprint density at radius 2 is 1.62 bits per heavy atom. The van der Waals surface area contributed by atoms with Crippen LogP contribution in [-0.2, 0) is 0 Å². The van der Waals surface area contributed by atoms with Crippen molar-refractivity contribution in [3.05, 3.63) is 35.9 Å². The van der Waals surface area contributed by atoms with Crippen LogP contribution in [0.15, 0.2) is 30.3 Å². The van der Waals surface area contributed by atoms with Crippen LogP contribution in [-0.4, -0.2) is 12.6 Å². The highest BCUT2D eigenvalue weighted by atomic mass is 14.9. The molecule has 1 aromatic rings. The molecule has 0 aliphatic rings. The fourth-order valence-corrected chi connectivity index (χ4v) is 3.17. The van der Waals surface area contributed by atoms with E-state index in [9.17, 15) is 0 Å². The van der Waals surface area contributed by atoms with Gasteiger partial charge in [-0.05, 0) is 36.8 Å². The number of hydrogen-bond donors (Lipinski definition) is 1. The van der Waals surface area contributed by atoms with Crippen molar-refractivity contribution in [1.82, 2.24) is 5.32 Å². The van der Waals surface area contributed by atoms with Crippen LogP contribution in [0.1, 0.15) is 71.8 Å². The molecule has 0 radical (unpaired) electrons. The van der Waals surface area contributed by atoms with Crippen LogP contribution in [0.4, 0.5) is 0 Å². The molecule has 0 aliphatic carbocycles. The van der Waals surface area contributed by atoms with E-state index in [1.807, 2.05) is 0 Å². The minimum Gasteiger partial charge on any atom is -0.313 e. The standard InChI is InChI=1S/C20H35N/c1-6-14-21-19(15-16(4)7-2)20(17(5)8-3)18-12-10-9-11-13-18/h9-13,16-17,19-21H,6-8,14-15H2,1-5H3. The number of benzene rings is 1. The molecule has 4 unspecified atom stereocenters. The van der Waals surface area contributed by atoms with E-state index in [-0.39, 0.29) is 0 Å². The van der Waals surface area contributed by atoms with E-state index in [0.29, 0.717) is 17.9 Å². The first kappa shape index (κ1) is 18.2. The van der Waals surface area contributed by atoms with Crippen molar-refractivity contribution in [2.75, 3.05) is 6.54 Å². The normalized spacial score (nSPS) is 17.2. The summed E-state index contributed by atoms with van der Waals surface area (Å²) in [6.07, 6.45) is 5.00. The van der Waals surface area contributed by atoms with E-state index >= 15 is 0 Å². The van der Waals surface area contributed by atoms with E-state index in [0.717, 1.165) is 12.5 Å². The summed E-state index contributed by atoms with van der Waals surface area (Å²) in [6.45, 7) is 12.8. The third kappa shape index (κ3) is 5.82. The fraction of sp³-hybridized carbons (Fsp3) is 0.700. The highest BCUT2D eigenvalue weighted by molar-refractivity contribution is 5.22. The molecule has 0 spiro atoms. The van der Waals surface area contributed by atoms with Gasteiger partial charge in [-0.15, -0.1) is 0 Å². The lowest BCUT2D eigenvalue weighted by Gasteiger charge is -2.34. The first-order chi connectivity index (χ1) is 10.1. The van der Waals surface area contributed by atoms with Crippen molar-refractivity contribution < 1.29 is 0 Å². The van der Waals surface area contributed by atoms with Crippen molar-refractivity contribution in [1.29, 1.82) is 0 Å². The van der Waals surface area contributed by atoms with Gasteiger partial charge in [0.1, 0.15) is 0 Å². The van der Waals surface area contributed by atoms with Crippen LogP contribution >= 0.6 is 0 Å². The van der Waals surface area contributed by atoms with Gasteiger partial charge in [0.2, 0.25) is 0 Å². The topological polar surface area (TPSA) is 12.0 Å². The van der Waals surface area contributed by atoms with Gasteiger partial charge in [0.15, 0.2) is 0 Å². The summed E-state index contributed by atoms with van der Waals surface area (Å²) in [5, 5.41) is 3.85. The average Bonchev–Trinajstić information content (AvgIpc) is 2.53. The minimum absolute atomic E-state index is 0.595. The summed E-state index contributed by atoms with van der Waals surface area (Å²) >= 11 is 0. The molecule has 1 nitrogen and oxygen atoms in total. The maximum atomic E-state index is 3.85. The highest BCUT2D eigenvalue weighted by Gasteiger charge is 2.27. The Kier molecular flexibility index (Phi) is 8.68. The molecule has 1 aromatic carbocycles. The van der Waals surface area contributed by atoms with Gasteiger partial charge in [-0.25, -0.2) is 0 Å². The number of nitrogens with one attached hydrogen (secondary N) is 1. The Morgan fingerprint density at radius 3 is 2.14 bits per heavy atom. The molecule has 0 aliphatic heterocycles. The third-order valence-corrected chi connectivity index (χ3v) is 4.88. The summed E-state index contributed by atoms with van der Waals surface area (Å²) in [7, 11) is 0. The number of rotatable bonds is 10. The maximum absolute atomic E-state index is 3.85. The second-order valence-electron chi connectivity index (χ2n) is 6.63. The molecule has 0 saturated heterocycles. The minimum atomic E-state index is 0.595. The largest absolute Gasteiger partial charge is 0.313 e. The molecule has 0 aromatic heterocycles. The fourth-order valence-electron chi connectivity index (χ4n) is 3.17. The van der Waals surface area contributed by atoms with E-state index < -0.39 is 0 Å². The first-order valence-electron chi connectivity index (χ1n) is 8.92. The van der Waals surface area contributed by atoms with Crippen molar-refractivity contribution in [3.8, 4) is 0 Å². The molecular formula is C20H35N. The Morgan fingerprint density at radius 1 is 0.952 bits per heavy atom. The van der Waals surface area contributed by atoms with Gasteiger partial charge in [-0.1, -0.05) is 77.8 Å². The van der Waals surface area contributed by atoms with E-state index in [1.54, 1.807) is 0 Å². The molecule has 0 amide bonds. The van der Waals surface area contributed by atoms with Gasteiger partial charge < -0.3 is 5.32 Å². The molecular weight excluding hydrogens is 254 g/mol. The number of hydrogen-bond acceptors (Lipinski definition) is 1. The second-order valence-corrected chi connectivity index (χ2v) is 6.63. The zero-order valence-electron chi connectivity index (χ0n) is 14.7. The molecule has 0 bridgehead atoms. The monoisotopic (exact) mass is 289 g/mol. The van der Waals surface area contributed by atoms with Gasteiger partial charge in [0.05, 0.1) is 0 Å².